The van der Waals surface area contributed by atoms with Gasteiger partial charge in [-0.15, -0.1) is 0 Å². The van der Waals surface area contributed by atoms with Crippen LogP contribution in [0.1, 0.15) is 17.2 Å². The average Bonchev–Trinajstić information content (AvgIpc) is 2.82. The van der Waals surface area contributed by atoms with Crippen LogP contribution in [0, 0.1) is 6.92 Å². The van der Waals surface area contributed by atoms with Crippen LogP contribution in [0.15, 0.2) is 12.1 Å². The van der Waals surface area contributed by atoms with Gasteiger partial charge in [-0.05, 0) is 24.6 Å². The summed E-state index contributed by atoms with van der Waals surface area (Å²) in [5.41, 5.74) is 2.10. The van der Waals surface area contributed by atoms with E-state index in [9.17, 15) is 0 Å². The van der Waals surface area contributed by atoms with Crippen LogP contribution in [0.2, 0.25) is 0 Å². The molecule has 1 aliphatic rings. The van der Waals surface area contributed by atoms with Crippen LogP contribution in [0.4, 0.5) is 0 Å². The lowest BCUT2D eigenvalue weighted by molar-refractivity contribution is 0.112. The summed E-state index contributed by atoms with van der Waals surface area (Å²) in [6, 6.07) is 3.97. The van der Waals surface area contributed by atoms with Crippen molar-refractivity contribution in [2.45, 2.75) is 13.0 Å². The Kier molecular flexibility index (Phi) is 3.31. The lowest BCUT2D eigenvalue weighted by Crippen LogP contribution is -2.09. The van der Waals surface area contributed by atoms with Gasteiger partial charge in [-0.3, -0.25) is 5.32 Å². The van der Waals surface area contributed by atoms with E-state index in [1.54, 1.807) is 14.2 Å². The van der Waals surface area contributed by atoms with E-state index in [0.717, 1.165) is 29.2 Å². The highest BCUT2D eigenvalue weighted by Gasteiger charge is 2.22. The van der Waals surface area contributed by atoms with Gasteiger partial charge in [-0.1, -0.05) is 0 Å². The second kappa shape index (κ2) is 4.72. The molecule has 1 heterocycles. The molecule has 0 radical (unpaired) electrons. The number of hydrogen-bond acceptors (Lipinski definition) is 4. The lowest BCUT2D eigenvalue weighted by Gasteiger charge is -2.16. The van der Waals surface area contributed by atoms with Crippen molar-refractivity contribution in [1.29, 1.82) is 0 Å². The van der Waals surface area contributed by atoms with E-state index < -0.39 is 0 Å². The van der Waals surface area contributed by atoms with Gasteiger partial charge >= 0.3 is 0 Å². The third kappa shape index (κ3) is 1.99. The molecule has 0 bridgehead atoms. The Morgan fingerprint density at radius 1 is 1.25 bits per heavy atom. The SMILES string of the molecule is COc1cc(C2CNCO2)c(OC)cc1C. The van der Waals surface area contributed by atoms with E-state index in [2.05, 4.69) is 5.32 Å². The Hall–Kier alpha value is -1.26. The maximum absolute atomic E-state index is 5.57. The van der Waals surface area contributed by atoms with Gasteiger partial charge in [0, 0.05) is 12.1 Å². The van der Waals surface area contributed by atoms with Gasteiger partial charge in [0.2, 0.25) is 0 Å². The summed E-state index contributed by atoms with van der Waals surface area (Å²) in [6.07, 6.45) is 0.0458. The highest BCUT2D eigenvalue weighted by atomic mass is 16.5. The van der Waals surface area contributed by atoms with Gasteiger partial charge in [0.05, 0.1) is 21.0 Å². The predicted octanol–water partition coefficient (Wildman–Crippen LogP) is 1.63. The molecule has 1 aliphatic heterocycles. The quantitative estimate of drug-likeness (QED) is 0.845. The number of methoxy groups -OCH3 is 2. The summed E-state index contributed by atoms with van der Waals surface area (Å²) in [5, 5.41) is 3.16. The Morgan fingerprint density at radius 3 is 2.56 bits per heavy atom. The van der Waals surface area contributed by atoms with Gasteiger partial charge in [-0.2, -0.15) is 0 Å². The van der Waals surface area contributed by atoms with Gasteiger partial charge in [0.25, 0.3) is 0 Å². The fourth-order valence-electron chi connectivity index (χ4n) is 1.93. The largest absolute Gasteiger partial charge is 0.496 e. The zero-order valence-corrected chi connectivity index (χ0v) is 9.87. The second-order valence-electron chi connectivity index (χ2n) is 3.82. The first kappa shape index (κ1) is 11.2. The summed E-state index contributed by atoms with van der Waals surface area (Å²) in [4.78, 5) is 0. The molecule has 1 aromatic carbocycles. The highest BCUT2D eigenvalue weighted by molar-refractivity contribution is 5.47. The minimum absolute atomic E-state index is 0.0458. The fraction of sp³-hybridized carbons (Fsp3) is 0.500. The van der Waals surface area contributed by atoms with Crippen molar-refractivity contribution >= 4 is 0 Å². The Balaban J connectivity index is 2.40. The molecule has 2 rings (SSSR count). The normalized spacial score (nSPS) is 19.8. The third-order valence-corrected chi connectivity index (χ3v) is 2.81. The Morgan fingerprint density at radius 2 is 2.00 bits per heavy atom. The molecule has 1 atom stereocenters. The average molecular weight is 223 g/mol. The van der Waals surface area contributed by atoms with E-state index in [4.69, 9.17) is 14.2 Å². The topological polar surface area (TPSA) is 39.7 Å². The number of benzene rings is 1. The van der Waals surface area contributed by atoms with Gasteiger partial charge in [0.15, 0.2) is 0 Å². The first-order valence-electron chi connectivity index (χ1n) is 5.31. The molecule has 0 aliphatic carbocycles. The van der Waals surface area contributed by atoms with Crippen molar-refractivity contribution in [2.24, 2.45) is 0 Å². The van der Waals surface area contributed by atoms with Gasteiger partial charge in [0.1, 0.15) is 17.6 Å². The monoisotopic (exact) mass is 223 g/mol. The minimum Gasteiger partial charge on any atom is -0.496 e. The summed E-state index contributed by atoms with van der Waals surface area (Å²) >= 11 is 0. The van der Waals surface area contributed by atoms with E-state index in [0.29, 0.717) is 6.73 Å². The standard InChI is InChI=1S/C12H17NO3/c1-8-4-11(15-3)9(5-10(8)14-2)12-6-13-7-16-12/h4-5,12-13H,6-7H2,1-3H3. The molecule has 0 aromatic heterocycles. The molecule has 4 heteroatoms. The molecule has 0 amide bonds. The second-order valence-corrected chi connectivity index (χ2v) is 3.82. The predicted molar refractivity (Wildman–Crippen MR) is 61.0 cm³/mol. The Bertz CT molecular complexity index is 373. The lowest BCUT2D eigenvalue weighted by atomic mass is 10.0. The van der Waals surface area contributed by atoms with Gasteiger partial charge < -0.3 is 14.2 Å². The van der Waals surface area contributed by atoms with Crippen molar-refractivity contribution in [3.63, 3.8) is 0 Å². The van der Waals surface area contributed by atoms with Crippen LogP contribution in [0.3, 0.4) is 0 Å². The molecular formula is C12H17NO3. The number of hydrogen-bond donors (Lipinski definition) is 1. The first-order chi connectivity index (χ1) is 7.76. The van der Waals surface area contributed by atoms with Crippen LogP contribution >= 0.6 is 0 Å². The van der Waals surface area contributed by atoms with Crippen molar-refractivity contribution in [3.8, 4) is 11.5 Å². The molecule has 4 nitrogen and oxygen atoms in total. The van der Waals surface area contributed by atoms with Crippen LogP contribution < -0.4 is 14.8 Å². The molecule has 0 spiro atoms. The number of aryl methyl sites for hydroxylation is 1. The van der Waals surface area contributed by atoms with Gasteiger partial charge in [-0.25, -0.2) is 0 Å². The van der Waals surface area contributed by atoms with E-state index in [1.807, 2.05) is 19.1 Å². The maximum Gasteiger partial charge on any atom is 0.125 e. The van der Waals surface area contributed by atoms with Crippen molar-refractivity contribution in [2.75, 3.05) is 27.5 Å². The molecule has 0 saturated carbocycles. The van der Waals surface area contributed by atoms with E-state index >= 15 is 0 Å². The highest BCUT2D eigenvalue weighted by Crippen LogP contribution is 2.34. The molecular weight excluding hydrogens is 206 g/mol. The van der Waals surface area contributed by atoms with Crippen LogP contribution in [0.5, 0.6) is 11.5 Å². The number of nitrogens with one attached hydrogen (secondary N) is 1. The summed E-state index contributed by atoms with van der Waals surface area (Å²) < 4.78 is 16.3. The molecule has 1 aromatic rings. The third-order valence-electron chi connectivity index (χ3n) is 2.81. The van der Waals surface area contributed by atoms with Crippen molar-refractivity contribution in [1.82, 2.24) is 5.32 Å². The summed E-state index contributed by atoms with van der Waals surface area (Å²) in [5.74, 6) is 1.72. The fourth-order valence-corrected chi connectivity index (χ4v) is 1.93. The van der Waals surface area contributed by atoms with Crippen molar-refractivity contribution in [3.05, 3.63) is 23.3 Å². The summed E-state index contributed by atoms with van der Waals surface area (Å²) in [7, 11) is 3.35. The van der Waals surface area contributed by atoms with E-state index in [1.165, 1.54) is 0 Å². The number of ether oxygens (including phenoxy) is 3. The van der Waals surface area contributed by atoms with Crippen molar-refractivity contribution < 1.29 is 14.2 Å². The Labute approximate surface area is 95.5 Å². The minimum atomic E-state index is 0.0458. The van der Waals surface area contributed by atoms with Crippen LogP contribution in [-0.4, -0.2) is 27.5 Å². The smallest absolute Gasteiger partial charge is 0.125 e. The molecule has 1 fully saturated rings. The van der Waals surface area contributed by atoms with Crippen LogP contribution in [0.25, 0.3) is 0 Å². The number of rotatable bonds is 3. The summed E-state index contributed by atoms with van der Waals surface area (Å²) in [6.45, 7) is 3.39. The van der Waals surface area contributed by atoms with Crippen LogP contribution in [-0.2, 0) is 4.74 Å². The molecule has 16 heavy (non-hydrogen) atoms. The molecule has 88 valence electrons. The zero-order valence-electron chi connectivity index (χ0n) is 9.87. The molecule has 1 unspecified atom stereocenters. The molecule has 1 saturated heterocycles. The first-order valence-corrected chi connectivity index (χ1v) is 5.31. The zero-order chi connectivity index (χ0) is 11.5. The molecule has 1 N–H and O–H groups in total. The maximum atomic E-state index is 5.57. The van der Waals surface area contributed by atoms with E-state index in [-0.39, 0.29) is 6.10 Å².